The van der Waals surface area contributed by atoms with Crippen LogP contribution in [0.5, 0.6) is 0 Å². The largest absolute Gasteiger partial charge is 0.313 e. The summed E-state index contributed by atoms with van der Waals surface area (Å²) in [5.74, 6) is 0.837. The molecule has 1 aliphatic rings. The number of rotatable bonds is 6. The number of nitrogens with zero attached hydrogens (tertiary/aromatic N) is 2. The topological polar surface area (TPSA) is 29.9 Å². The summed E-state index contributed by atoms with van der Waals surface area (Å²) < 4.78 is 1.92. The van der Waals surface area contributed by atoms with Crippen LogP contribution in [0.15, 0.2) is 12.3 Å². The maximum atomic E-state index is 4.57. The molecule has 1 aromatic heterocycles. The zero-order chi connectivity index (χ0) is 14.2. The molecule has 0 aromatic carbocycles. The number of hydrogen-bond acceptors (Lipinski definition) is 2. The summed E-state index contributed by atoms with van der Waals surface area (Å²) in [6.07, 6.45) is 14.3. The fraction of sp³-hybridized carbons (Fsp3) is 0.824. The van der Waals surface area contributed by atoms with Gasteiger partial charge in [0, 0.05) is 25.7 Å². The van der Waals surface area contributed by atoms with Gasteiger partial charge in [0.25, 0.3) is 0 Å². The van der Waals surface area contributed by atoms with Crippen molar-refractivity contribution >= 4 is 0 Å². The van der Waals surface area contributed by atoms with Crippen molar-refractivity contribution < 1.29 is 0 Å². The molecular weight excluding hydrogens is 246 g/mol. The van der Waals surface area contributed by atoms with Crippen molar-refractivity contribution in [2.45, 2.75) is 70.8 Å². The minimum Gasteiger partial charge on any atom is -0.313 e. The van der Waals surface area contributed by atoms with Crippen LogP contribution in [-0.4, -0.2) is 22.4 Å². The normalized spacial score (nSPS) is 19.5. The molecule has 1 heterocycles. The standard InChI is InChI=1S/C17H31N3/c1-3-12-18-17(14-16-11-13-20(2)19-16)15-9-7-5-4-6-8-10-15/h11,13,15,17-18H,3-10,12,14H2,1-2H3. The van der Waals surface area contributed by atoms with Crippen LogP contribution >= 0.6 is 0 Å². The zero-order valence-corrected chi connectivity index (χ0v) is 13.3. The molecule has 0 aliphatic heterocycles. The van der Waals surface area contributed by atoms with Crippen LogP contribution in [0.25, 0.3) is 0 Å². The van der Waals surface area contributed by atoms with Gasteiger partial charge in [-0.2, -0.15) is 5.10 Å². The summed E-state index contributed by atoms with van der Waals surface area (Å²) in [5.41, 5.74) is 1.24. The molecule has 114 valence electrons. The Morgan fingerprint density at radius 1 is 1.25 bits per heavy atom. The Hall–Kier alpha value is -0.830. The fourth-order valence-corrected chi connectivity index (χ4v) is 3.42. The first-order chi connectivity index (χ1) is 9.79. The van der Waals surface area contributed by atoms with Crippen molar-refractivity contribution in [3.05, 3.63) is 18.0 Å². The first-order valence-electron chi connectivity index (χ1n) is 8.51. The van der Waals surface area contributed by atoms with Gasteiger partial charge in [-0.3, -0.25) is 4.68 Å². The van der Waals surface area contributed by atoms with E-state index in [0.29, 0.717) is 6.04 Å². The van der Waals surface area contributed by atoms with Gasteiger partial charge in [-0.15, -0.1) is 0 Å². The van der Waals surface area contributed by atoms with Crippen molar-refractivity contribution in [2.24, 2.45) is 13.0 Å². The molecule has 3 heteroatoms. The van der Waals surface area contributed by atoms with Crippen molar-refractivity contribution in [3.8, 4) is 0 Å². The van der Waals surface area contributed by atoms with E-state index in [1.165, 1.54) is 57.1 Å². The van der Waals surface area contributed by atoms with Gasteiger partial charge in [-0.25, -0.2) is 0 Å². The predicted octanol–water partition coefficient (Wildman–Crippen LogP) is 3.69. The van der Waals surface area contributed by atoms with E-state index in [0.717, 1.165) is 18.9 Å². The van der Waals surface area contributed by atoms with Crippen LogP contribution in [0.3, 0.4) is 0 Å². The first kappa shape index (κ1) is 15.6. The minimum absolute atomic E-state index is 0.614. The molecule has 1 unspecified atom stereocenters. The molecule has 2 rings (SSSR count). The van der Waals surface area contributed by atoms with Crippen LogP contribution in [0.4, 0.5) is 0 Å². The zero-order valence-electron chi connectivity index (χ0n) is 13.3. The van der Waals surface area contributed by atoms with Gasteiger partial charge in [0.15, 0.2) is 0 Å². The molecule has 0 amide bonds. The van der Waals surface area contributed by atoms with Gasteiger partial charge in [0.2, 0.25) is 0 Å². The van der Waals surface area contributed by atoms with E-state index in [4.69, 9.17) is 0 Å². The molecular formula is C17H31N3. The average molecular weight is 277 g/mol. The second-order valence-electron chi connectivity index (χ2n) is 6.35. The monoisotopic (exact) mass is 277 g/mol. The molecule has 1 saturated carbocycles. The van der Waals surface area contributed by atoms with Crippen LogP contribution in [0, 0.1) is 5.92 Å². The molecule has 0 radical (unpaired) electrons. The molecule has 0 spiro atoms. The Morgan fingerprint density at radius 3 is 2.55 bits per heavy atom. The molecule has 20 heavy (non-hydrogen) atoms. The second kappa shape index (κ2) is 8.46. The van der Waals surface area contributed by atoms with Crippen molar-refractivity contribution in [1.82, 2.24) is 15.1 Å². The molecule has 0 saturated heterocycles. The maximum absolute atomic E-state index is 4.57. The molecule has 1 atom stereocenters. The smallest absolute Gasteiger partial charge is 0.0640 e. The summed E-state index contributed by atoms with van der Waals surface area (Å²) >= 11 is 0. The van der Waals surface area contributed by atoms with E-state index in [1.807, 2.05) is 11.7 Å². The Labute approximate surface area is 124 Å². The van der Waals surface area contributed by atoms with E-state index >= 15 is 0 Å². The number of aryl methyl sites for hydroxylation is 1. The number of nitrogens with one attached hydrogen (secondary N) is 1. The lowest BCUT2D eigenvalue weighted by Crippen LogP contribution is -2.39. The highest BCUT2D eigenvalue weighted by Crippen LogP contribution is 2.26. The van der Waals surface area contributed by atoms with Crippen LogP contribution in [0.1, 0.15) is 64.0 Å². The highest BCUT2D eigenvalue weighted by atomic mass is 15.2. The minimum atomic E-state index is 0.614. The molecule has 1 aliphatic carbocycles. The summed E-state index contributed by atoms with van der Waals surface area (Å²) in [6, 6.07) is 2.78. The van der Waals surface area contributed by atoms with Crippen molar-refractivity contribution in [1.29, 1.82) is 0 Å². The summed E-state index contributed by atoms with van der Waals surface area (Å²) in [7, 11) is 2.01. The van der Waals surface area contributed by atoms with Gasteiger partial charge in [0.1, 0.15) is 0 Å². The number of aromatic nitrogens is 2. The van der Waals surface area contributed by atoms with Gasteiger partial charge in [-0.1, -0.05) is 39.0 Å². The van der Waals surface area contributed by atoms with Gasteiger partial charge < -0.3 is 5.32 Å². The highest BCUT2D eigenvalue weighted by molar-refractivity contribution is 5.02. The van der Waals surface area contributed by atoms with E-state index in [-0.39, 0.29) is 0 Å². The fourth-order valence-electron chi connectivity index (χ4n) is 3.42. The highest BCUT2D eigenvalue weighted by Gasteiger charge is 2.22. The predicted molar refractivity (Wildman–Crippen MR) is 84.8 cm³/mol. The average Bonchev–Trinajstić information content (AvgIpc) is 2.80. The van der Waals surface area contributed by atoms with Gasteiger partial charge in [0.05, 0.1) is 5.69 Å². The van der Waals surface area contributed by atoms with Gasteiger partial charge in [-0.05, 0) is 37.8 Å². The van der Waals surface area contributed by atoms with E-state index in [2.05, 4.69) is 29.6 Å². The van der Waals surface area contributed by atoms with Crippen molar-refractivity contribution in [3.63, 3.8) is 0 Å². The van der Waals surface area contributed by atoms with E-state index in [9.17, 15) is 0 Å². The third-order valence-corrected chi connectivity index (χ3v) is 4.57. The van der Waals surface area contributed by atoms with Gasteiger partial charge >= 0.3 is 0 Å². The third kappa shape index (κ3) is 4.93. The molecule has 1 fully saturated rings. The quantitative estimate of drug-likeness (QED) is 0.859. The summed E-state index contributed by atoms with van der Waals surface area (Å²) in [4.78, 5) is 0. The lowest BCUT2D eigenvalue weighted by Gasteiger charge is -2.29. The Kier molecular flexibility index (Phi) is 6.58. The maximum Gasteiger partial charge on any atom is 0.0640 e. The van der Waals surface area contributed by atoms with E-state index in [1.54, 1.807) is 0 Å². The first-order valence-corrected chi connectivity index (χ1v) is 8.51. The van der Waals surface area contributed by atoms with Crippen molar-refractivity contribution in [2.75, 3.05) is 6.54 Å². The number of hydrogen-bond donors (Lipinski definition) is 1. The molecule has 1 N–H and O–H groups in total. The Bertz CT molecular complexity index is 364. The van der Waals surface area contributed by atoms with Crippen LogP contribution in [-0.2, 0) is 13.5 Å². The lowest BCUT2D eigenvalue weighted by atomic mass is 9.84. The van der Waals surface area contributed by atoms with E-state index < -0.39 is 0 Å². The van der Waals surface area contributed by atoms with Crippen LogP contribution in [0.2, 0.25) is 0 Å². The van der Waals surface area contributed by atoms with Crippen LogP contribution < -0.4 is 5.32 Å². The summed E-state index contributed by atoms with van der Waals surface area (Å²) in [6.45, 7) is 3.39. The lowest BCUT2D eigenvalue weighted by molar-refractivity contribution is 0.281. The second-order valence-corrected chi connectivity index (χ2v) is 6.35. The Balaban J connectivity index is 1.96. The third-order valence-electron chi connectivity index (χ3n) is 4.57. The molecule has 3 nitrogen and oxygen atoms in total. The molecule has 1 aromatic rings. The Morgan fingerprint density at radius 2 is 1.95 bits per heavy atom. The molecule has 0 bridgehead atoms. The summed E-state index contributed by atoms with van der Waals surface area (Å²) in [5, 5.41) is 8.37. The SMILES string of the molecule is CCCNC(Cc1ccn(C)n1)C1CCCCCCC1.